The molecule has 3 nitrogen and oxygen atoms in total. The first-order chi connectivity index (χ1) is 10.2. The summed E-state index contributed by atoms with van der Waals surface area (Å²) in [5, 5.41) is 3.49. The molecular weight excluding hydrogens is 280 g/mol. The van der Waals surface area contributed by atoms with Gasteiger partial charge in [-0.15, -0.1) is 11.3 Å². The van der Waals surface area contributed by atoms with E-state index < -0.39 is 0 Å². The van der Waals surface area contributed by atoms with E-state index in [1.54, 1.807) is 0 Å². The molecule has 2 rings (SSSR count). The van der Waals surface area contributed by atoms with Crippen molar-refractivity contribution < 1.29 is 4.74 Å². The zero-order valence-corrected chi connectivity index (χ0v) is 14.4. The highest BCUT2D eigenvalue weighted by molar-refractivity contribution is 7.11. The fourth-order valence-corrected chi connectivity index (χ4v) is 3.55. The van der Waals surface area contributed by atoms with Crippen LogP contribution in [0.1, 0.15) is 42.9 Å². The van der Waals surface area contributed by atoms with Gasteiger partial charge in [-0.1, -0.05) is 20.3 Å². The Labute approximate surface area is 133 Å². The lowest BCUT2D eigenvalue weighted by Gasteiger charge is -2.26. The average molecular weight is 311 g/mol. The standard InChI is InChI=1S/C17H30N2OS/c1-15(2)12-18-13-16-6-7-17(21-16)14-20-11-10-19-8-4-3-5-9-19/h6-7,15,18H,3-5,8-14H2,1-2H3. The van der Waals surface area contributed by atoms with Gasteiger partial charge in [-0.3, -0.25) is 0 Å². The molecular formula is C17H30N2OS. The molecule has 4 heteroatoms. The molecule has 0 unspecified atom stereocenters. The molecule has 1 aromatic heterocycles. The summed E-state index contributed by atoms with van der Waals surface area (Å²) in [7, 11) is 0. The van der Waals surface area contributed by atoms with Gasteiger partial charge >= 0.3 is 0 Å². The first-order valence-electron chi connectivity index (χ1n) is 8.32. The lowest BCUT2D eigenvalue weighted by atomic mass is 10.1. The summed E-state index contributed by atoms with van der Waals surface area (Å²) in [5.41, 5.74) is 0. The smallest absolute Gasteiger partial charge is 0.0810 e. The van der Waals surface area contributed by atoms with E-state index in [0.717, 1.165) is 32.8 Å². The van der Waals surface area contributed by atoms with E-state index in [4.69, 9.17) is 4.74 Å². The maximum atomic E-state index is 5.83. The van der Waals surface area contributed by atoms with E-state index in [2.05, 4.69) is 36.2 Å². The molecule has 1 fully saturated rings. The summed E-state index contributed by atoms with van der Waals surface area (Å²) in [4.78, 5) is 5.28. The van der Waals surface area contributed by atoms with Crippen LogP contribution in [0.2, 0.25) is 0 Å². The lowest BCUT2D eigenvalue weighted by Crippen LogP contribution is -2.32. The van der Waals surface area contributed by atoms with Crippen LogP contribution in [-0.2, 0) is 17.9 Å². The maximum Gasteiger partial charge on any atom is 0.0810 e. The predicted octanol–water partition coefficient (Wildman–Crippen LogP) is 3.50. The van der Waals surface area contributed by atoms with Gasteiger partial charge in [-0.2, -0.15) is 0 Å². The lowest BCUT2D eigenvalue weighted by molar-refractivity contribution is 0.0878. The summed E-state index contributed by atoms with van der Waals surface area (Å²) in [5.74, 6) is 0.711. The van der Waals surface area contributed by atoms with Gasteiger partial charge in [-0.25, -0.2) is 0 Å². The number of rotatable bonds is 9. The molecule has 120 valence electrons. The molecule has 2 heterocycles. The fourth-order valence-electron chi connectivity index (χ4n) is 2.63. The van der Waals surface area contributed by atoms with Crippen molar-refractivity contribution in [3.63, 3.8) is 0 Å². The number of hydrogen-bond acceptors (Lipinski definition) is 4. The molecule has 0 aliphatic carbocycles. The third-order valence-electron chi connectivity index (χ3n) is 3.81. The topological polar surface area (TPSA) is 24.5 Å². The van der Waals surface area contributed by atoms with Crippen LogP contribution in [0, 0.1) is 5.92 Å². The third-order valence-corrected chi connectivity index (χ3v) is 4.87. The molecule has 0 atom stereocenters. The number of piperidine rings is 1. The summed E-state index contributed by atoms with van der Waals surface area (Å²) < 4.78 is 5.83. The van der Waals surface area contributed by atoms with Crippen LogP contribution < -0.4 is 5.32 Å². The van der Waals surface area contributed by atoms with Crippen molar-refractivity contribution in [2.75, 3.05) is 32.8 Å². The number of nitrogens with one attached hydrogen (secondary N) is 1. The molecule has 0 spiro atoms. The first-order valence-corrected chi connectivity index (χ1v) is 9.14. The molecule has 1 saturated heterocycles. The Hall–Kier alpha value is -0.420. The Kier molecular flexibility index (Phi) is 7.72. The van der Waals surface area contributed by atoms with Crippen molar-refractivity contribution in [1.82, 2.24) is 10.2 Å². The van der Waals surface area contributed by atoms with Gasteiger partial charge in [0.05, 0.1) is 13.2 Å². The van der Waals surface area contributed by atoms with Crippen molar-refractivity contribution in [3.8, 4) is 0 Å². The van der Waals surface area contributed by atoms with E-state index in [1.807, 2.05) is 11.3 Å². The Bertz CT molecular complexity index is 386. The first kappa shape index (κ1) is 16.9. The summed E-state index contributed by atoms with van der Waals surface area (Å²) >= 11 is 1.87. The van der Waals surface area contributed by atoms with E-state index in [9.17, 15) is 0 Å². The zero-order valence-electron chi connectivity index (χ0n) is 13.6. The van der Waals surface area contributed by atoms with Crippen LogP contribution in [0.25, 0.3) is 0 Å². The Balaban J connectivity index is 1.57. The van der Waals surface area contributed by atoms with Gasteiger partial charge in [-0.05, 0) is 50.5 Å². The maximum absolute atomic E-state index is 5.83. The van der Waals surface area contributed by atoms with Crippen LogP contribution in [-0.4, -0.2) is 37.7 Å². The van der Waals surface area contributed by atoms with Crippen molar-refractivity contribution in [3.05, 3.63) is 21.9 Å². The number of nitrogens with zero attached hydrogens (tertiary/aromatic N) is 1. The molecule has 0 amide bonds. The highest BCUT2D eigenvalue weighted by Gasteiger charge is 2.09. The Morgan fingerprint density at radius 2 is 1.95 bits per heavy atom. The quantitative estimate of drug-likeness (QED) is 0.707. The van der Waals surface area contributed by atoms with Crippen LogP contribution >= 0.6 is 11.3 Å². The van der Waals surface area contributed by atoms with Gasteiger partial charge in [0.15, 0.2) is 0 Å². The molecule has 1 aromatic rings. The van der Waals surface area contributed by atoms with Crippen LogP contribution in [0.3, 0.4) is 0 Å². The Morgan fingerprint density at radius 3 is 2.71 bits per heavy atom. The van der Waals surface area contributed by atoms with Crippen LogP contribution in [0.4, 0.5) is 0 Å². The van der Waals surface area contributed by atoms with Gasteiger partial charge in [0.25, 0.3) is 0 Å². The van der Waals surface area contributed by atoms with E-state index in [-0.39, 0.29) is 0 Å². The van der Waals surface area contributed by atoms with Crippen LogP contribution in [0.15, 0.2) is 12.1 Å². The minimum atomic E-state index is 0.711. The van der Waals surface area contributed by atoms with E-state index in [1.165, 1.54) is 42.1 Å². The predicted molar refractivity (Wildman–Crippen MR) is 90.8 cm³/mol. The molecule has 1 aliphatic heterocycles. The van der Waals surface area contributed by atoms with Gasteiger partial charge in [0.1, 0.15) is 0 Å². The summed E-state index contributed by atoms with van der Waals surface area (Å²) in [6.07, 6.45) is 4.12. The van der Waals surface area contributed by atoms with Crippen molar-refractivity contribution in [2.45, 2.75) is 46.3 Å². The minimum absolute atomic E-state index is 0.711. The highest BCUT2D eigenvalue weighted by atomic mass is 32.1. The second-order valence-electron chi connectivity index (χ2n) is 6.35. The van der Waals surface area contributed by atoms with Gasteiger partial charge < -0.3 is 15.0 Å². The number of hydrogen-bond donors (Lipinski definition) is 1. The largest absolute Gasteiger partial charge is 0.375 e. The monoisotopic (exact) mass is 310 g/mol. The SMILES string of the molecule is CC(C)CNCc1ccc(COCCN2CCCCC2)s1. The second-order valence-corrected chi connectivity index (χ2v) is 7.60. The third kappa shape index (κ3) is 6.92. The molecule has 21 heavy (non-hydrogen) atoms. The number of thiophene rings is 1. The van der Waals surface area contributed by atoms with E-state index >= 15 is 0 Å². The van der Waals surface area contributed by atoms with Gasteiger partial charge in [0.2, 0.25) is 0 Å². The number of likely N-dealkylation sites (tertiary alicyclic amines) is 1. The summed E-state index contributed by atoms with van der Waals surface area (Å²) in [6.45, 7) is 11.8. The molecule has 0 aromatic carbocycles. The van der Waals surface area contributed by atoms with Crippen molar-refractivity contribution in [1.29, 1.82) is 0 Å². The van der Waals surface area contributed by atoms with E-state index in [0.29, 0.717) is 5.92 Å². The van der Waals surface area contributed by atoms with Crippen molar-refractivity contribution in [2.24, 2.45) is 5.92 Å². The second kappa shape index (κ2) is 9.57. The molecule has 0 saturated carbocycles. The van der Waals surface area contributed by atoms with Crippen LogP contribution in [0.5, 0.6) is 0 Å². The zero-order chi connectivity index (χ0) is 14.9. The minimum Gasteiger partial charge on any atom is -0.375 e. The average Bonchev–Trinajstić information content (AvgIpc) is 2.92. The van der Waals surface area contributed by atoms with Gasteiger partial charge in [0, 0.05) is 22.8 Å². The molecule has 0 bridgehead atoms. The summed E-state index contributed by atoms with van der Waals surface area (Å²) in [6, 6.07) is 4.43. The molecule has 1 N–H and O–H groups in total. The molecule has 0 radical (unpaired) electrons. The normalized spacial score (nSPS) is 16.7. The fraction of sp³-hybridized carbons (Fsp3) is 0.765. The molecule has 1 aliphatic rings. The van der Waals surface area contributed by atoms with Crippen molar-refractivity contribution >= 4 is 11.3 Å². The Morgan fingerprint density at radius 1 is 1.19 bits per heavy atom. The number of ether oxygens (including phenoxy) is 1. The highest BCUT2D eigenvalue weighted by Crippen LogP contribution is 2.17.